The highest BCUT2D eigenvalue weighted by atomic mass is 32.2. The largest absolute Gasteiger partial charge is 0.399 e. The summed E-state index contributed by atoms with van der Waals surface area (Å²) in [6, 6.07) is 21.6. The van der Waals surface area contributed by atoms with E-state index in [4.69, 9.17) is 11.5 Å². The molecule has 0 atom stereocenters. The zero-order chi connectivity index (χ0) is 22.3. The van der Waals surface area contributed by atoms with Crippen molar-refractivity contribution in [2.75, 3.05) is 48.3 Å². The van der Waals surface area contributed by atoms with E-state index in [-0.39, 0.29) is 4.90 Å². The number of nitrogen functional groups attached to an aromatic ring is 2. The molecule has 0 amide bonds. The van der Waals surface area contributed by atoms with E-state index in [9.17, 15) is 8.42 Å². The summed E-state index contributed by atoms with van der Waals surface area (Å²) in [6.07, 6.45) is 0. The van der Waals surface area contributed by atoms with Crippen molar-refractivity contribution in [1.82, 2.24) is 4.31 Å². The molecule has 31 heavy (non-hydrogen) atoms. The molecule has 3 aromatic carbocycles. The predicted molar refractivity (Wildman–Crippen MR) is 129 cm³/mol. The quantitative estimate of drug-likeness (QED) is 0.360. The van der Waals surface area contributed by atoms with Crippen LogP contribution in [0, 0.1) is 6.92 Å². The summed E-state index contributed by atoms with van der Waals surface area (Å²) in [6.45, 7) is 3.52. The number of nitrogens with zero attached hydrogens (tertiary/aromatic N) is 1. The topological polar surface area (TPSA) is 113 Å². The lowest BCUT2D eigenvalue weighted by Gasteiger charge is -2.23. The molecule has 0 radical (unpaired) electrons. The van der Waals surface area contributed by atoms with Crippen molar-refractivity contribution in [2.45, 2.75) is 11.8 Å². The Bertz CT molecular complexity index is 1010. The Labute approximate surface area is 184 Å². The second-order valence-electron chi connectivity index (χ2n) is 7.31. The Kier molecular flexibility index (Phi) is 7.38. The Morgan fingerprint density at radius 3 is 1.55 bits per heavy atom. The summed E-state index contributed by atoms with van der Waals surface area (Å²) in [4.78, 5) is 0.290. The van der Waals surface area contributed by atoms with Crippen LogP contribution in [-0.2, 0) is 10.0 Å². The van der Waals surface area contributed by atoms with Gasteiger partial charge < -0.3 is 22.1 Å². The molecule has 0 unspecified atom stereocenters. The summed E-state index contributed by atoms with van der Waals surface area (Å²) in [5, 5.41) is 6.51. The Hall–Kier alpha value is -3.23. The van der Waals surface area contributed by atoms with Gasteiger partial charge in [0.15, 0.2) is 0 Å². The average Bonchev–Trinajstić information content (AvgIpc) is 2.75. The van der Waals surface area contributed by atoms with Gasteiger partial charge in [-0.1, -0.05) is 17.7 Å². The van der Waals surface area contributed by atoms with Gasteiger partial charge in [-0.05, 0) is 67.6 Å². The molecule has 0 aromatic heterocycles. The Morgan fingerprint density at radius 2 is 1.13 bits per heavy atom. The maximum absolute atomic E-state index is 13.3. The molecule has 0 saturated carbocycles. The van der Waals surface area contributed by atoms with E-state index >= 15 is 0 Å². The molecule has 0 saturated heterocycles. The van der Waals surface area contributed by atoms with Crippen LogP contribution in [0.2, 0.25) is 0 Å². The van der Waals surface area contributed by atoms with Crippen LogP contribution in [0.25, 0.3) is 0 Å². The van der Waals surface area contributed by atoms with Crippen LogP contribution in [0.15, 0.2) is 77.7 Å². The van der Waals surface area contributed by atoms with Gasteiger partial charge in [-0.2, -0.15) is 4.31 Å². The number of rotatable bonds is 10. The first kappa shape index (κ1) is 22.5. The minimum atomic E-state index is -3.63. The number of hydrogen-bond acceptors (Lipinski definition) is 6. The van der Waals surface area contributed by atoms with Gasteiger partial charge in [0.2, 0.25) is 10.0 Å². The lowest BCUT2D eigenvalue weighted by atomic mass is 10.2. The molecule has 3 rings (SSSR count). The molecule has 0 aliphatic rings. The first-order valence-corrected chi connectivity index (χ1v) is 11.5. The lowest BCUT2D eigenvalue weighted by Crippen LogP contribution is -2.38. The van der Waals surface area contributed by atoms with E-state index < -0.39 is 10.0 Å². The molecule has 6 N–H and O–H groups in total. The van der Waals surface area contributed by atoms with E-state index in [0.29, 0.717) is 37.6 Å². The third-order valence-electron chi connectivity index (χ3n) is 4.86. The van der Waals surface area contributed by atoms with Crippen LogP contribution >= 0.6 is 0 Å². The molecule has 0 fully saturated rings. The zero-order valence-corrected chi connectivity index (χ0v) is 18.4. The normalized spacial score (nSPS) is 11.4. The minimum Gasteiger partial charge on any atom is -0.399 e. The molecule has 7 nitrogen and oxygen atoms in total. The van der Waals surface area contributed by atoms with Gasteiger partial charge >= 0.3 is 0 Å². The molecule has 0 spiro atoms. The van der Waals surface area contributed by atoms with E-state index in [2.05, 4.69) is 10.6 Å². The highest BCUT2D eigenvalue weighted by Gasteiger charge is 2.23. The third-order valence-corrected chi connectivity index (χ3v) is 6.77. The molecule has 0 bridgehead atoms. The second kappa shape index (κ2) is 10.2. The summed E-state index contributed by atoms with van der Waals surface area (Å²) in [7, 11) is -3.63. The second-order valence-corrected chi connectivity index (χ2v) is 9.25. The summed E-state index contributed by atoms with van der Waals surface area (Å²) in [5.74, 6) is 0. The fourth-order valence-corrected chi connectivity index (χ4v) is 4.50. The number of anilines is 4. The van der Waals surface area contributed by atoms with Crippen LogP contribution < -0.4 is 22.1 Å². The van der Waals surface area contributed by atoms with Crippen molar-refractivity contribution in [3.05, 3.63) is 78.4 Å². The standard InChI is InChI=1S/C23H29N5O2S/c1-18-2-12-23(13-3-18)31(29,30)28(16-14-26-21-8-4-19(24)5-9-21)17-15-27-22-10-6-20(25)7-11-22/h2-13,26-27H,14-17,24-25H2,1H3. The van der Waals surface area contributed by atoms with Gasteiger partial charge in [0.1, 0.15) is 0 Å². The van der Waals surface area contributed by atoms with Crippen LogP contribution in [0.4, 0.5) is 22.7 Å². The SMILES string of the molecule is Cc1ccc(S(=O)(=O)N(CCNc2ccc(N)cc2)CCNc2ccc(N)cc2)cc1. The van der Waals surface area contributed by atoms with Gasteiger partial charge in [-0.15, -0.1) is 0 Å². The number of nitrogens with two attached hydrogens (primary N) is 2. The van der Waals surface area contributed by atoms with Gasteiger partial charge in [0.25, 0.3) is 0 Å². The highest BCUT2D eigenvalue weighted by Crippen LogP contribution is 2.17. The van der Waals surface area contributed by atoms with E-state index in [1.54, 1.807) is 36.4 Å². The summed E-state index contributed by atoms with van der Waals surface area (Å²) in [5.41, 5.74) is 15.6. The summed E-state index contributed by atoms with van der Waals surface area (Å²) < 4.78 is 28.0. The van der Waals surface area contributed by atoms with Crippen molar-refractivity contribution in [3.8, 4) is 0 Å². The average molecular weight is 440 g/mol. The molecule has 8 heteroatoms. The van der Waals surface area contributed by atoms with Crippen molar-refractivity contribution < 1.29 is 8.42 Å². The van der Waals surface area contributed by atoms with E-state index in [1.807, 2.05) is 43.3 Å². The third kappa shape index (κ3) is 6.37. The van der Waals surface area contributed by atoms with E-state index in [1.165, 1.54) is 4.31 Å². The van der Waals surface area contributed by atoms with Gasteiger partial charge in [-0.3, -0.25) is 0 Å². The maximum atomic E-state index is 13.3. The predicted octanol–water partition coefficient (Wildman–Crippen LogP) is 3.37. The molecular weight excluding hydrogens is 410 g/mol. The zero-order valence-electron chi connectivity index (χ0n) is 17.6. The number of nitrogens with one attached hydrogen (secondary N) is 2. The lowest BCUT2D eigenvalue weighted by molar-refractivity contribution is 0.433. The Morgan fingerprint density at radius 1 is 0.710 bits per heavy atom. The van der Waals surface area contributed by atoms with Crippen LogP contribution in [0.1, 0.15) is 5.56 Å². The fraction of sp³-hybridized carbons (Fsp3) is 0.217. The van der Waals surface area contributed by atoms with Gasteiger partial charge in [0, 0.05) is 48.9 Å². The number of hydrogen-bond donors (Lipinski definition) is 4. The van der Waals surface area contributed by atoms with Crippen molar-refractivity contribution in [3.63, 3.8) is 0 Å². The molecule has 3 aromatic rings. The molecule has 164 valence electrons. The van der Waals surface area contributed by atoms with Gasteiger partial charge in [-0.25, -0.2) is 8.42 Å². The van der Waals surface area contributed by atoms with Crippen molar-refractivity contribution >= 4 is 32.8 Å². The monoisotopic (exact) mass is 439 g/mol. The first-order valence-electron chi connectivity index (χ1n) is 10.1. The Balaban J connectivity index is 1.68. The number of aryl methyl sites for hydroxylation is 1. The van der Waals surface area contributed by atoms with Crippen molar-refractivity contribution in [2.24, 2.45) is 0 Å². The van der Waals surface area contributed by atoms with Gasteiger partial charge in [0.05, 0.1) is 4.90 Å². The number of benzene rings is 3. The highest BCUT2D eigenvalue weighted by molar-refractivity contribution is 7.89. The fourth-order valence-electron chi connectivity index (χ4n) is 3.06. The minimum absolute atomic E-state index is 0.290. The number of sulfonamides is 1. The van der Waals surface area contributed by atoms with Crippen molar-refractivity contribution in [1.29, 1.82) is 0 Å². The smallest absolute Gasteiger partial charge is 0.243 e. The first-order chi connectivity index (χ1) is 14.8. The maximum Gasteiger partial charge on any atom is 0.243 e. The van der Waals surface area contributed by atoms with Crippen LogP contribution in [0.5, 0.6) is 0 Å². The van der Waals surface area contributed by atoms with Crippen LogP contribution in [0.3, 0.4) is 0 Å². The van der Waals surface area contributed by atoms with E-state index in [0.717, 1.165) is 16.9 Å². The van der Waals surface area contributed by atoms with Crippen LogP contribution in [-0.4, -0.2) is 38.9 Å². The summed E-state index contributed by atoms with van der Waals surface area (Å²) >= 11 is 0. The molecule has 0 aliphatic heterocycles. The molecule has 0 aliphatic carbocycles. The molecular formula is C23H29N5O2S. The molecule has 0 heterocycles.